The summed E-state index contributed by atoms with van der Waals surface area (Å²) in [5.41, 5.74) is 3.36. The van der Waals surface area contributed by atoms with Crippen molar-refractivity contribution in [2.45, 2.75) is 19.9 Å². The van der Waals surface area contributed by atoms with E-state index in [9.17, 15) is 4.39 Å². The topological polar surface area (TPSA) is 33.6 Å². The van der Waals surface area contributed by atoms with E-state index in [-0.39, 0.29) is 5.82 Å². The van der Waals surface area contributed by atoms with Gasteiger partial charge in [0.2, 0.25) is 0 Å². The quantitative estimate of drug-likeness (QED) is 0.744. The van der Waals surface area contributed by atoms with Gasteiger partial charge in [-0.15, -0.1) is 0 Å². The van der Waals surface area contributed by atoms with E-state index in [0.717, 1.165) is 16.9 Å². The van der Waals surface area contributed by atoms with Gasteiger partial charge in [0, 0.05) is 12.2 Å². The average Bonchev–Trinajstić information content (AvgIpc) is 2.73. The monoisotopic (exact) mass is 287 g/mol. The van der Waals surface area contributed by atoms with Crippen molar-refractivity contribution in [3.8, 4) is 0 Å². The fourth-order valence-corrected chi connectivity index (χ4v) is 2.55. The molecule has 0 radical (unpaired) electrons. The third-order valence-electron chi connectivity index (χ3n) is 3.32. The van der Waals surface area contributed by atoms with Gasteiger partial charge in [-0.1, -0.05) is 18.2 Å². The summed E-state index contributed by atoms with van der Waals surface area (Å²) in [5, 5.41) is 0. The van der Waals surface area contributed by atoms with Gasteiger partial charge in [-0.2, -0.15) is 0 Å². The van der Waals surface area contributed by atoms with Crippen LogP contribution in [0.2, 0.25) is 0 Å². The van der Waals surface area contributed by atoms with Crippen molar-refractivity contribution >= 4 is 23.4 Å². The maximum absolute atomic E-state index is 13.6. The number of benzene rings is 1. The van der Waals surface area contributed by atoms with Crippen LogP contribution < -0.4 is 0 Å². The summed E-state index contributed by atoms with van der Waals surface area (Å²) in [7, 11) is 0. The lowest BCUT2D eigenvalue weighted by atomic mass is 10.1. The minimum absolute atomic E-state index is 0.178. The minimum Gasteiger partial charge on any atom is -0.329 e. The van der Waals surface area contributed by atoms with Gasteiger partial charge in [-0.25, -0.2) is 9.37 Å². The fourth-order valence-electron chi connectivity index (χ4n) is 2.27. The molecule has 0 saturated heterocycles. The van der Waals surface area contributed by atoms with Crippen LogP contribution in [0.15, 0.2) is 36.4 Å². The zero-order valence-electron chi connectivity index (χ0n) is 11.1. The summed E-state index contributed by atoms with van der Waals surface area (Å²) in [6.45, 7) is 2.55. The number of aromatic amines is 1. The van der Waals surface area contributed by atoms with E-state index in [0.29, 0.717) is 23.3 Å². The summed E-state index contributed by atoms with van der Waals surface area (Å²) in [5.74, 6) is -0.178. The van der Waals surface area contributed by atoms with Crippen molar-refractivity contribution < 1.29 is 4.39 Å². The van der Waals surface area contributed by atoms with E-state index < -0.39 is 0 Å². The van der Waals surface area contributed by atoms with E-state index in [2.05, 4.69) is 9.97 Å². The van der Waals surface area contributed by atoms with Crippen LogP contribution in [-0.4, -0.2) is 14.5 Å². The molecule has 0 bridgehead atoms. The fraction of sp³-hybridized carbons (Fsp3) is 0.200. The Labute approximate surface area is 121 Å². The molecule has 3 rings (SSSR count). The molecule has 1 aromatic carbocycles. The Hall–Kier alpha value is -2.01. The predicted octanol–water partition coefficient (Wildman–Crippen LogP) is 3.78. The second-order valence-corrected chi connectivity index (χ2v) is 5.13. The molecule has 0 aliphatic carbocycles. The number of H-pyrrole nitrogens is 1. The maximum Gasteiger partial charge on any atom is 0.179 e. The lowest BCUT2D eigenvalue weighted by Crippen LogP contribution is -2.04. The van der Waals surface area contributed by atoms with Gasteiger partial charge in [0.1, 0.15) is 5.82 Å². The lowest BCUT2D eigenvalue weighted by Gasteiger charge is -2.05. The normalized spacial score (nSPS) is 11.1. The molecule has 1 N–H and O–H groups in total. The second kappa shape index (κ2) is 5.17. The van der Waals surface area contributed by atoms with Gasteiger partial charge in [0.05, 0.1) is 5.52 Å². The van der Waals surface area contributed by atoms with Crippen LogP contribution in [-0.2, 0) is 13.0 Å². The molecule has 5 heteroatoms. The van der Waals surface area contributed by atoms with E-state index in [1.165, 1.54) is 6.07 Å². The summed E-state index contributed by atoms with van der Waals surface area (Å²) < 4.78 is 16.2. The standard InChI is InChI=1S/C15H14FN3S/c1-10-6-7-13-14(17-10)19(15(20)18-13)9-8-11-4-2-3-5-12(11)16/h2-7H,8-9H2,1H3,(H,18,20). The van der Waals surface area contributed by atoms with Gasteiger partial charge in [0.25, 0.3) is 0 Å². The van der Waals surface area contributed by atoms with Crippen LogP contribution in [0.1, 0.15) is 11.3 Å². The molecule has 0 unspecified atom stereocenters. The highest BCUT2D eigenvalue weighted by molar-refractivity contribution is 7.71. The van der Waals surface area contributed by atoms with Gasteiger partial charge in [0.15, 0.2) is 10.4 Å². The van der Waals surface area contributed by atoms with Crippen molar-refractivity contribution in [2.75, 3.05) is 0 Å². The van der Waals surface area contributed by atoms with Crippen molar-refractivity contribution in [2.24, 2.45) is 0 Å². The van der Waals surface area contributed by atoms with Crippen molar-refractivity contribution in [1.82, 2.24) is 14.5 Å². The van der Waals surface area contributed by atoms with Crippen molar-refractivity contribution in [3.63, 3.8) is 0 Å². The number of fused-ring (bicyclic) bond motifs is 1. The summed E-state index contributed by atoms with van der Waals surface area (Å²) >= 11 is 5.32. The molecule has 2 heterocycles. The number of halogens is 1. The third kappa shape index (κ3) is 2.36. The Bertz CT molecular complexity index is 819. The zero-order chi connectivity index (χ0) is 14.1. The number of aromatic nitrogens is 3. The molecule has 3 nitrogen and oxygen atoms in total. The largest absolute Gasteiger partial charge is 0.329 e. The smallest absolute Gasteiger partial charge is 0.179 e. The number of hydrogen-bond acceptors (Lipinski definition) is 2. The molecule has 0 atom stereocenters. The van der Waals surface area contributed by atoms with Crippen LogP contribution in [0.3, 0.4) is 0 Å². The molecular formula is C15H14FN3S. The van der Waals surface area contributed by atoms with Gasteiger partial charge < -0.3 is 9.55 Å². The molecule has 2 aromatic heterocycles. The van der Waals surface area contributed by atoms with Crippen LogP contribution in [0.5, 0.6) is 0 Å². The Morgan fingerprint density at radius 1 is 1.25 bits per heavy atom. The zero-order valence-corrected chi connectivity index (χ0v) is 11.9. The minimum atomic E-state index is -0.178. The van der Waals surface area contributed by atoms with Crippen molar-refractivity contribution in [3.05, 3.63) is 58.2 Å². The number of nitrogens with zero attached hydrogens (tertiary/aromatic N) is 2. The predicted molar refractivity (Wildman–Crippen MR) is 79.8 cm³/mol. The highest BCUT2D eigenvalue weighted by Crippen LogP contribution is 2.14. The average molecular weight is 287 g/mol. The van der Waals surface area contributed by atoms with E-state index in [1.807, 2.05) is 29.7 Å². The summed E-state index contributed by atoms with van der Waals surface area (Å²) in [4.78, 5) is 7.63. The highest BCUT2D eigenvalue weighted by Gasteiger charge is 2.07. The molecule has 102 valence electrons. The number of nitrogens with one attached hydrogen (secondary N) is 1. The summed E-state index contributed by atoms with van der Waals surface area (Å²) in [6.07, 6.45) is 0.587. The molecule has 0 spiro atoms. The first-order chi connectivity index (χ1) is 9.65. The number of hydrogen-bond donors (Lipinski definition) is 1. The van der Waals surface area contributed by atoms with Crippen LogP contribution in [0.25, 0.3) is 11.2 Å². The van der Waals surface area contributed by atoms with E-state index >= 15 is 0 Å². The van der Waals surface area contributed by atoms with Crippen LogP contribution >= 0.6 is 12.2 Å². The highest BCUT2D eigenvalue weighted by atomic mass is 32.1. The molecule has 0 fully saturated rings. The Morgan fingerprint density at radius 2 is 2.05 bits per heavy atom. The first kappa shape index (κ1) is 13.0. The molecule has 3 aromatic rings. The Kier molecular flexibility index (Phi) is 3.36. The summed E-state index contributed by atoms with van der Waals surface area (Å²) in [6, 6.07) is 10.7. The third-order valence-corrected chi connectivity index (χ3v) is 3.64. The maximum atomic E-state index is 13.6. The first-order valence-corrected chi connectivity index (χ1v) is 6.85. The molecule has 0 amide bonds. The van der Waals surface area contributed by atoms with Crippen molar-refractivity contribution in [1.29, 1.82) is 0 Å². The van der Waals surface area contributed by atoms with Crippen LogP contribution in [0, 0.1) is 17.5 Å². The number of aryl methyl sites for hydroxylation is 3. The Morgan fingerprint density at radius 3 is 2.85 bits per heavy atom. The van der Waals surface area contributed by atoms with Crippen LogP contribution in [0.4, 0.5) is 4.39 Å². The van der Waals surface area contributed by atoms with Gasteiger partial charge >= 0.3 is 0 Å². The molecule has 0 saturated carbocycles. The van der Waals surface area contributed by atoms with Gasteiger partial charge in [-0.05, 0) is 49.3 Å². The van der Waals surface area contributed by atoms with E-state index in [4.69, 9.17) is 12.2 Å². The number of imidazole rings is 1. The molecule has 0 aliphatic heterocycles. The molecule has 0 aliphatic rings. The SMILES string of the molecule is Cc1ccc2[nH]c(=S)n(CCc3ccccc3F)c2n1. The Balaban J connectivity index is 1.95. The second-order valence-electron chi connectivity index (χ2n) is 4.75. The first-order valence-electron chi connectivity index (χ1n) is 6.45. The lowest BCUT2D eigenvalue weighted by molar-refractivity contribution is 0.594. The molecule has 20 heavy (non-hydrogen) atoms. The number of pyridine rings is 1. The van der Waals surface area contributed by atoms with E-state index in [1.54, 1.807) is 12.1 Å². The molecular weight excluding hydrogens is 273 g/mol. The number of rotatable bonds is 3. The van der Waals surface area contributed by atoms with Gasteiger partial charge in [-0.3, -0.25) is 0 Å².